The van der Waals surface area contributed by atoms with Gasteiger partial charge in [-0.3, -0.25) is 0 Å². The van der Waals surface area contributed by atoms with Crippen molar-refractivity contribution >= 4 is 5.69 Å². The molecule has 0 saturated carbocycles. The van der Waals surface area contributed by atoms with Crippen LogP contribution in [0, 0.1) is 5.92 Å². The molecule has 3 heteroatoms. The van der Waals surface area contributed by atoms with Crippen molar-refractivity contribution in [3.05, 3.63) is 42.2 Å². The summed E-state index contributed by atoms with van der Waals surface area (Å²) in [6, 6.07) is 9.59. The van der Waals surface area contributed by atoms with Gasteiger partial charge in [-0.2, -0.15) is 0 Å². The van der Waals surface area contributed by atoms with Crippen molar-refractivity contribution in [3.63, 3.8) is 0 Å². The minimum atomic E-state index is 0.576. The van der Waals surface area contributed by atoms with E-state index in [9.17, 15) is 0 Å². The first-order valence-electron chi connectivity index (χ1n) is 7.68. The van der Waals surface area contributed by atoms with Crippen molar-refractivity contribution in [3.8, 4) is 0 Å². The molecule has 0 bridgehead atoms. The van der Waals surface area contributed by atoms with Crippen LogP contribution in [0.2, 0.25) is 0 Å². The molecule has 0 amide bonds. The van der Waals surface area contributed by atoms with Crippen molar-refractivity contribution in [1.29, 1.82) is 0 Å². The van der Waals surface area contributed by atoms with Crippen LogP contribution in [0.15, 0.2) is 36.7 Å². The lowest BCUT2D eigenvalue weighted by Gasteiger charge is -2.31. The molecule has 0 radical (unpaired) electrons. The van der Waals surface area contributed by atoms with E-state index < -0.39 is 0 Å². The van der Waals surface area contributed by atoms with Crippen molar-refractivity contribution < 1.29 is 0 Å². The van der Waals surface area contributed by atoms with Crippen LogP contribution < -0.4 is 10.2 Å². The van der Waals surface area contributed by atoms with E-state index >= 15 is 0 Å². The quantitative estimate of drug-likeness (QED) is 0.911. The maximum absolute atomic E-state index is 4.29. The Kier molecular flexibility index (Phi) is 3.70. The highest BCUT2D eigenvalue weighted by atomic mass is 15.4. The van der Waals surface area contributed by atoms with E-state index in [1.807, 2.05) is 0 Å². The molecular formula is C17H25N3. The summed E-state index contributed by atoms with van der Waals surface area (Å²) in [5, 5.41) is 3.47. The van der Waals surface area contributed by atoms with Crippen LogP contribution in [-0.4, -0.2) is 37.1 Å². The fraction of sp³-hybridized carbons (Fsp3) is 0.529. The number of nitrogens with zero attached hydrogens (tertiary/aromatic N) is 2. The summed E-state index contributed by atoms with van der Waals surface area (Å²) in [5.41, 5.74) is 2.70. The molecule has 2 saturated heterocycles. The molecule has 0 aromatic heterocycles. The first-order chi connectivity index (χ1) is 9.65. The van der Waals surface area contributed by atoms with Crippen molar-refractivity contribution in [2.75, 3.05) is 31.1 Å². The van der Waals surface area contributed by atoms with Gasteiger partial charge in [-0.1, -0.05) is 32.6 Å². The third kappa shape index (κ3) is 2.55. The standard InChI is InChI=1S/C17H25N3/c1-13(2)10-15-4-6-16(7-5-15)20-12-17-11-18-8-9-19(17)14(20)3/h4-7,13,17-18H,3,8-12H2,1-2H3. The second-order valence-electron chi connectivity index (χ2n) is 6.34. The summed E-state index contributed by atoms with van der Waals surface area (Å²) in [4.78, 5) is 4.80. The first-order valence-corrected chi connectivity index (χ1v) is 7.68. The van der Waals surface area contributed by atoms with E-state index in [-0.39, 0.29) is 0 Å². The molecule has 3 rings (SSSR count). The number of fused-ring (bicyclic) bond motifs is 1. The molecule has 0 spiro atoms. The van der Waals surface area contributed by atoms with Crippen LogP contribution in [0.3, 0.4) is 0 Å². The molecule has 3 nitrogen and oxygen atoms in total. The molecule has 1 unspecified atom stereocenters. The Morgan fingerprint density at radius 1 is 1.30 bits per heavy atom. The van der Waals surface area contributed by atoms with Crippen LogP contribution in [0.1, 0.15) is 19.4 Å². The summed E-state index contributed by atoms with van der Waals surface area (Å²) in [6.45, 7) is 13.1. The van der Waals surface area contributed by atoms with Gasteiger partial charge in [0.25, 0.3) is 0 Å². The Bertz CT molecular complexity index is 478. The van der Waals surface area contributed by atoms with Gasteiger partial charge >= 0.3 is 0 Å². The highest BCUT2D eigenvalue weighted by Crippen LogP contribution is 2.29. The lowest BCUT2D eigenvalue weighted by Crippen LogP contribution is -2.48. The molecular weight excluding hydrogens is 246 g/mol. The molecule has 2 heterocycles. The molecule has 0 aliphatic carbocycles. The molecule has 2 aliphatic heterocycles. The minimum absolute atomic E-state index is 0.576. The topological polar surface area (TPSA) is 18.5 Å². The molecule has 2 aliphatic rings. The van der Waals surface area contributed by atoms with E-state index in [1.165, 1.54) is 11.3 Å². The minimum Gasteiger partial charge on any atom is -0.351 e. The van der Waals surface area contributed by atoms with Crippen LogP contribution in [0.4, 0.5) is 5.69 Å². The SMILES string of the molecule is C=C1N(c2ccc(CC(C)C)cc2)CC2CNCCN12. The fourth-order valence-corrected chi connectivity index (χ4v) is 3.27. The van der Waals surface area contributed by atoms with E-state index in [1.54, 1.807) is 0 Å². The maximum atomic E-state index is 4.29. The van der Waals surface area contributed by atoms with Crippen LogP contribution >= 0.6 is 0 Å². The third-order valence-corrected chi connectivity index (χ3v) is 4.28. The fourth-order valence-electron chi connectivity index (χ4n) is 3.27. The number of nitrogens with one attached hydrogen (secondary N) is 1. The van der Waals surface area contributed by atoms with Crippen LogP contribution in [0.5, 0.6) is 0 Å². The third-order valence-electron chi connectivity index (χ3n) is 4.28. The molecule has 1 N–H and O–H groups in total. The van der Waals surface area contributed by atoms with Crippen molar-refractivity contribution in [1.82, 2.24) is 10.2 Å². The lowest BCUT2D eigenvalue weighted by molar-refractivity contribution is 0.253. The summed E-state index contributed by atoms with van der Waals surface area (Å²) >= 11 is 0. The van der Waals surface area contributed by atoms with Gasteiger partial charge in [0.15, 0.2) is 0 Å². The van der Waals surface area contributed by atoms with Gasteiger partial charge in [-0.15, -0.1) is 0 Å². The maximum Gasteiger partial charge on any atom is 0.101 e. The second kappa shape index (κ2) is 5.49. The number of piperazine rings is 1. The predicted octanol–water partition coefficient (Wildman–Crippen LogP) is 2.45. The summed E-state index contributed by atoms with van der Waals surface area (Å²) in [6.07, 6.45) is 1.15. The van der Waals surface area contributed by atoms with Gasteiger partial charge in [0, 0.05) is 31.9 Å². The zero-order valence-corrected chi connectivity index (χ0v) is 12.6. The number of benzene rings is 1. The van der Waals surface area contributed by atoms with E-state index in [2.05, 4.69) is 59.8 Å². The van der Waals surface area contributed by atoms with Gasteiger partial charge in [0.1, 0.15) is 5.82 Å². The number of anilines is 1. The summed E-state index contributed by atoms with van der Waals surface area (Å²) in [7, 11) is 0. The lowest BCUT2D eigenvalue weighted by atomic mass is 10.0. The van der Waals surface area contributed by atoms with Crippen LogP contribution in [-0.2, 0) is 6.42 Å². The second-order valence-corrected chi connectivity index (χ2v) is 6.34. The number of hydrogen-bond acceptors (Lipinski definition) is 3. The molecule has 1 atom stereocenters. The average Bonchev–Trinajstić information content (AvgIpc) is 2.77. The Morgan fingerprint density at radius 3 is 2.70 bits per heavy atom. The van der Waals surface area contributed by atoms with Crippen molar-refractivity contribution in [2.45, 2.75) is 26.3 Å². The highest BCUT2D eigenvalue weighted by molar-refractivity contribution is 5.54. The monoisotopic (exact) mass is 271 g/mol. The van der Waals surface area contributed by atoms with E-state index in [0.29, 0.717) is 12.0 Å². The van der Waals surface area contributed by atoms with Gasteiger partial charge in [-0.05, 0) is 30.0 Å². The van der Waals surface area contributed by atoms with E-state index in [0.717, 1.165) is 38.4 Å². The summed E-state index contributed by atoms with van der Waals surface area (Å²) < 4.78 is 0. The van der Waals surface area contributed by atoms with Gasteiger partial charge < -0.3 is 15.1 Å². The Morgan fingerprint density at radius 2 is 2.05 bits per heavy atom. The highest BCUT2D eigenvalue weighted by Gasteiger charge is 2.34. The Hall–Kier alpha value is -1.48. The Balaban J connectivity index is 1.74. The molecule has 1 aromatic carbocycles. The largest absolute Gasteiger partial charge is 0.351 e. The number of rotatable bonds is 3. The van der Waals surface area contributed by atoms with Gasteiger partial charge in [0.2, 0.25) is 0 Å². The summed E-state index contributed by atoms with van der Waals surface area (Å²) in [5.74, 6) is 1.87. The van der Waals surface area contributed by atoms with Crippen LogP contribution in [0.25, 0.3) is 0 Å². The molecule has 1 aromatic rings. The normalized spacial score (nSPS) is 22.6. The van der Waals surface area contributed by atoms with Gasteiger partial charge in [-0.25, -0.2) is 0 Å². The molecule has 20 heavy (non-hydrogen) atoms. The average molecular weight is 271 g/mol. The zero-order valence-electron chi connectivity index (χ0n) is 12.6. The molecule has 2 fully saturated rings. The smallest absolute Gasteiger partial charge is 0.101 e. The Labute approximate surface area is 122 Å². The molecule has 108 valence electrons. The zero-order chi connectivity index (χ0) is 14.1. The number of hydrogen-bond donors (Lipinski definition) is 1. The van der Waals surface area contributed by atoms with Gasteiger partial charge in [0.05, 0.1) is 6.04 Å². The van der Waals surface area contributed by atoms with Crippen molar-refractivity contribution in [2.24, 2.45) is 5.92 Å². The first kappa shape index (κ1) is 13.5. The van der Waals surface area contributed by atoms with E-state index in [4.69, 9.17) is 0 Å². The predicted molar refractivity (Wildman–Crippen MR) is 84.8 cm³/mol.